The van der Waals surface area contributed by atoms with Gasteiger partial charge in [-0.05, 0) is 29.8 Å². The highest BCUT2D eigenvalue weighted by molar-refractivity contribution is 7.71. The number of carbonyl (C=O) groups excluding carboxylic acids is 1. The molecule has 0 N–H and O–H groups in total. The van der Waals surface area contributed by atoms with Gasteiger partial charge in [-0.2, -0.15) is 5.26 Å². The number of anilines is 1. The number of hydrogen-bond acceptors (Lipinski definition) is 6. The maximum Gasteiger partial charge on any atom is 0.184 e. The number of pyridine rings is 1. The summed E-state index contributed by atoms with van der Waals surface area (Å²) in [5.41, 5.74) is 3.56. The number of aliphatic imine (C=N–C) groups is 1. The summed E-state index contributed by atoms with van der Waals surface area (Å²) in [5.74, 6) is 0.272. The second-order valence-corrected chi connectivity index (χ2v) is 11.7. The van der Waals surface area contributed by atoms with Gasteiger partial charge < -0.3 is 9.46 Å². The van der Waals surface area contributed by atoms with E-state index in [4.69, 9.17) is 5.26 Å². The Morgan fingerprint density at radius 1 is 1.06 bits per heavy atom. The number of halogens is 1. The van der Waals surface area contributed by atoms with Crippen LogP contribution in [0.25, 0.3) is 0 Å². The molecule has 0 bridgehead atoms. The lowest BCUT2D eigenvalue weighted by Gasteiger charge is -2.33. The van der Waals surface area contributed by atoms with E-state index in [0.29, 0.717) is 48.3 Å². The first-order chi connectivity index (χ1) is 16.5. The summed E-state index contributed by atoms with van der Waals surface area (Å²) in [5, 5.41) is 9.24. The molecular weight excluding hydrogens is 450 g/mol. The molecule has 8 heteroatoms. The number of fused-ring (bicyclic) bond motifs is 1. The van der Waals surface area contributed by atoms with Gasteiger partial charge in [-0.3, -0.25) is 9.79 Å². The first kappa shape index (κ1) is 22.2. The van der Waals surface area contributed by atoms with Gasteiger partial charge in [0, 0.05) is 60.2 Å². The van der Waals surface area contributed by atoms with Gasteiger partial charge in [0.15, 0.2) is 5.78 Å². The van der Waals surface area contributed by atoms with Crippen LogP contribution in [0.2, 0.25) is 0 Å². The van der Waals surface area contributed by atoms with Crippen LogP contribution < -0.4 is 10.2 Å². The highest BCUT2D eigenvalue weighted by Gasteiger charge is 2.33. The van der Waals surface area contributed by atoms with Crippen molar-refractivity contribution in [3.8, 4) is 6.07 Å². The molecule has 2 aliphatic rings. The molecule has 0 spiro atoms. The van der Waals surface area contributed by atoms with Gasteiger partial charge in [0.1, 0.15) is 31.4 Å². The average molecular weight is 472 g/mol. The Bertz CT molecular complexity index is 1380. The van der Waals surface area contributed by atoms with E-state index < -0.39 is 13.0 Å². The average Bonchev–Trinajstić information content (AvgIpc) is 2.87. The first-order valence-corrected chi connectivity index (χ1v) is 13.2. The number of benzene rings is 2. The molecule has 3 aromatic rings. The molecule has 34 heavy (non-hydrogen) atoms. The topological polar surface area (TPSA) is 86.4 Å². The molecule has 6 nitrogen and oxygen atoms in total. The standard InChI is InChI=1S/C26H22FN4O2P/c27-22-7-5-18(13-23-20-3-1-2-4-21(20)24(32)17-29-23)14-25(22)34(33)11-9-31(10-12-34)26-8-6-19(15-28)16-30-26/h1-8,14,16H,9-13,17H2. The molecule has 0 saturated carbocycles. The molecule has 1 aromatic heterocycles. The van der Waals surface area contributed by atoms with E-state index in [1.165, 1.54) is 12.3 Å². The fraction of sp³-hybridized carbons (Fsp3) is 0.231. The predicted molar refractivity (Wildman–Crippen MR) is 130 cm³/mol. The minimum atomic E-state index is -2.92. The van der Waals surface area contributed by atoms with Crippen molar-refractivity contribution in [2.75, 3.05) is 36.9 Å². The number of hydrogen-bond donors (Lipinski definition) is 0. The van der Waals surface area contributed by atoms with E-state index in [-0.39, 0.29) is 12.3 Å². The molecular formula is C26H22FN4O2P. The van der Waals surface area contributed by atoms with Crippen molar-refractivity contribution >= 4 is 29.8 Å². The number of rotatable bonds is 4. The lowest BCUT2D eigenvalue weighted by atomic mass is 9.93. The van der Waals surface area contributed by atoms with E-state index in [2.05, 4.69) is 9.98 Å². The SMILES string of the molecule is N#Cc1ccc(N2CCP(=O)(c3cc(CC4=NCC(=O)c5ccccc54)ccc3F)CC2)nc1. The number of aromatic nitrogens is 1. The van der Waals surface area contributed by atoms with Gasteiger partial charge in [0.2, 0.25) is 0 Å². The second kappa shape index (κ2) is 8.96. The van der Waals surface area contributed by atoms with Crippen molar-refractivity contribution in [2.24, 2.45) is 4.99 Å². The Morgan fingerprint density at radius 2 is 1.82 bits per heavy atom. The van der Waals surface area contributed by atoms with E-state index >= 15 is 0 Å². The first-order valence-electron chi connectivity index (χ1n) is 11.1. The molecule has 0 atom stereocenters. The predicted octanol–water partition coefficient (Wildman–Crippen LogP) is 3.83. The van der Waals surface area contributed by atoms with E-state index in [0.717, 1.165) is 22.7 Å². The van der Waals surface area contributed by atoms with Crippen molar-refractivity contribution < 1.29 is 13.8 Å². The zero-order valence-corrected chi connectivity index (χ0v) is 19.3. The largest absolute Gasteiger partial charge is 0.356 e. The summed E-state index contributed by atoms with van der Waals surface area (Å²) in [7, 11) is -2.92. The maximum atomic E-state index is 14.9. The van der Waals surface area contributed by atoms with Crippen molar-refractivity contribution in [1.82, 2.24) is 4.98 Å². The zero-order chi connectivity index (χ0) is 23.7. The van der Waals surface area contributed by atoms with Crippen molar-refractivity contribution in [2.45, 2.75) is 6.42 Å². The summed E-state index contributed by atoms with van der Waals surface area (Å²) >= 11 is 0. The number of ketones is 1. The maximum absolute atomic E-state index is 14.9. The second-order valence-electron chi connectivity index (χ2n) is 8.53. The van der Waals surface area contributed by atoms with Crippen LogP contribution in [-0.4, -0.2) is 48.4 Å². The van der Waals surface area contributed by atoms with Crippen LogP contribution in [0.3, 0.4) is 0 Å². The smallest absolute Gasteiger partial charge is 0.184 e. The Hall–Kier alpha value is -3.62. The number of carbonyl (C=O) groups is 1. The molecule has 2 aromatic carbocycles. The fourth-order valence-corrected chi connectivity index (χ4v) is 7.24. The monoisotopic (exact) mass is 472 g/mol. The van der Waals surface area contributed by atoms with Crippen LogP contribution in [0, 0.1) is 17.1 Å². The summed E-state index contributed by atoms with van der Waals surface area (Å²) in [6.07, 6.45) is 2.67. The molecule has 170 valence electrons. The van der Waals surface area contributed by atoms with Crippen LogP contribution in [0.4, 0.5) is 10.2 Å². The van der Waals surface area contributed by atoms with Crippen LogP contribution in [0.1, 0.15) is 27.0 Å². The minimum Gasteiger partial charge on any atom is -0.356 e. The summed E-state index contributed by atoms with van der Waals surface area (Å²) in [6.45, 7) is 1.11. The molecule has 3 heterocycles. The summed E-state index contributed by atoms with van der Waals surface area (Å²) in [6, 6.07) is 17.7. The molecule has 2 aliphatic heterocycles. The van der Waals surface area contributed by atoms with Crippen LogP contribution in [0.15, 0.2) is 65.8 Å². The lowest BCUT2D eigenvalue weighted by molar-refractivity contribution is 0.1000. The Kier molecular flexibility index (Phi) is 5.85. The molecule has 0 amide bonds. The minimum absolute atomic E-state index is 0.00732. The molecule has 5 rings (SSSR count). The van der Waals surface area contributed by atoms with Gasteiger partial charge in [0.25, 0.3) is 0 Å². The Balaban J connectivity index is 1.36. The number of nitriles is 1. The van der Waals surface area contributed by atoms with E-state index in [1.807, 2.05) is 29.2 Å². The van der Waals surface area contributed by atoms with Crippen molar-refractivity contribution in [3.05, 3.63) is 88.9 Å². The lowest BCUT2D eigenvalue weighted by Crippen LogP contribution is -2.38. The Labute approximate surface area is 197 Å². The van der Waals surface area contributed by atoms with Gasteiger partial charge in [-0.25, -0.2) is 9.37 Å². The zero-order valence-electron chi connectivity index (χ0n) is 18.4. The van der Waals surface area contributed by atoms with Crippen molar-refractivity contribution in [3.63, 3.8) is 0 Å². The normalized spacial score (nSPS) is 17.0. The molecule has 0 unspecified atom stereocenters. The van der Waals surface area contributed by atoms with Crippen molar-refractivity contribution in [1.29, 1.82) is 5.26 Å². The third kappa shape index (κ3) is 4.18. The number of Topliss-reactive ketones (excluding diaryl/α,β-unsaturated/α-hetero) is 1. The van der Waals surface area contributed by atoms with E-state index in [9.17, 15) is 13.8 Å². The summed E-state index contributed by atoms with van der Waals surface area (Å²) < 4.78 is 28.7. The molecule has 1 fully saturated rings. The molecule has 0 aliphatic carbocycles. The quantitative estimate of drug-likeness (QED) is 0.539. The van der Waals surface area contributed by atoms with Gasteiger partial charge >= 0.3 is 0 Å². The van der Waals surface area contributed by atoms with Gasteiger partial charge in [-0.1, -0.05) is 30.3 Å². The Morgan fingerprint density at radius 3 is 2.53 bits per heavy atom. The molecule has 0 radical (unpaired) electrons. The van der Waals surface area contributed by atoms with Crippen LogP contribution in [-0.2, 0) is 11.0 Å². The van der Waals surface area contributed by atoms with E-state index in [1.54, 1.807) is 30.3 Å². The highest BCUT2D eigenvalue weighted by Crippen LogP contribution is 2.47. The van der Waals surface area contributed by atoms with Gasteiger partial charge in [0.05, 0.1) is 5.56 Å². The highest BCUT2D eigenvalue weighted by atomic mass is 31.2. The third-order valence-electron chi connectivity index (χ3n) is 6.44. The van der Waals surface area contributed by atoms with Gasteiger partial charge in [-0.15, -0.1) is 0 Å². The summed E-state index contributed by atoms with van der Waals surface area (Å²) in [4.78, 5) is 23.0. The molecule has 1 saturated heterocycles. The van der Waals surface area contributed by atoms with Crippen LogP contribution >= 0.6 is 7.14 Å². The number of nitrogens with zero attached hydrogens (tertiary/aromatic N) is 4. The third-order valence-corrected chi connectivity index (χ3v) is 9.50. The fourth-order valence-electron chi connectivity index (χ4n) is 4.54. The van der Waals surface area contributed by atoms with Crippen LogP contribution in [0.5, 0.6) is 0 Å².